The highest BCUT2D eigenvalue weighted by Crippen LogP contribution is 2.14. The monoisotopic (exact) mass is 255 g/mol. The number of para-hydroxylation sites is 1. The number of carbonyl (C=O) groups is 2. The number of rotatable bonds is 2. The fourth-order valence-electron chi connectivity index (χ4n) is 2.10. The first-order valence-electron chi connectivity index (χ1n) is 5.63. The van der Waals surface area contributed by atoms with Gasteiger partial charge >= 0.3 is 5.97 Å². The Morgan fingerprint density at radius 2 is 2.05 bits per heavy atom. The second-order valence-corrected chi connectivity index (χ2v) is 4.09. The molecule has 0 aliphatic carbocycles. The fourth-order valence-corrected chi connectivity index (χ4v) is 2.10. The first kappa shape index (κ1) is 11.3. The molecule has 1 aliphatic heterocycles. The van der Waals surface area contributed by atoms with Crippen molar-refractivity contribution >= 4 is 17.3 Å². The van der Waals surface area contributed by atoms with E-state index in [0.717, 1.165) is 0 Å². The van der Waals surface area contributed by atoms with Gasteiger partial charge in [0.05, 0.1) is 16.6 Å². The molecule has 6 nitrogen and oxygen atoms in total. The number of Topliss-reactive ketones (excluding diaryl/α,β-unsaturated/α-hetero) is 1. The van der Waals surface area contributed by atoms with Crippen LogP contribution in [0.5, 0.6) is 0 Å². The quantitative estimate of drug-likeness (QED) is 0.691. The topological polar surface area (TPSA) is 95.4 Å². The van der Waals surface area contributed by atoms with Gasteiger partial charge in [0.15, 0.2) is 0 Å². The molecule has 1 aromatic carbocycles. The Balaban J connectivity index is 2.38. The van der Waals surface area contributed by atoms with Gasteiger partial charge in [-0.05, 0) is 12.1 Å². The zero-order valence-corrected chi connectivity index (χ0v) is 9.70. The number of ketones is 1. The lowest BCUT2D eigenvalue weighted by Gasteiger charge is -2.13. The summed E-state index contributed by atoms with van der Waals surface area (Å²) >= 11 is 0. The molecule has 1 atom stereocenters. The van der Waals surface area contributed by atoms with Gasteiger partial charge in [0, 0.05) is 11.4 Å². The molecule has 1 unspecified atom stereocenters. The lowest BCUT2D eigenvalue weighted by atomic mass is 9.96. The Bertz CT molecular complexity index is 778. The number of hydrogen-bond donors (Lipinski definition) is 2. The Kier molecular flexibility index (Phi) is 2.49. The number of aromatic amines is 1. The lowest BCUT2D eigenvalue weighted by Crippen LogP contribution is -2.43. The molecule has 0 saturated heterocycles. The third kappa shape index (κ3) is 1.74. The third-order valence-corrected chi connectivity index (χ3v) is 2.93. The molecule has 2 N–H and O–H groups in total. The number of carboxylic acid groups (broad SMARTS) is 1. The second-order valence-electron chi connectivity index (χ2n) is 4.09. The van der Waals surface area contributed by atoms with Gasteiger partial charge in [0.25, 0.3) is 0 Å². The van der Waals surface area contributed by atoms with Crippen molar-refractivity contribution in [3.63, 3.8) is 0 Å². The van der Waals surface area contributed by atoms with Crippen LogP contribution in [0.25, 0.3) is 5.57 Å². The Labute approximate surface area is 107 Å². The van der Waals surface area contributed by atoms with Gasteiger partial charge in [-0.25, -0.2) is 4.79 Å². The molecule has 0 bridgehead atoms. The average Bonchev–Trinajstić information content (AvgIpc) is 2.91. The van der Waals surface area contributed by atoms with Crippen molar-refractivity contribution in [2.75, 3.05) is 0 Å². The fraction of sp³-hybridized carbons (Fsp3) is 0.0769. The van der Waals surface area contributed by atoms with Crippen LogP contribution in [0, 0.1) is 0 Å². The van der Waals surface area contributed by atoms with E-state index in [2.05, 4.69) is 15.2 Å². The van der Waals surface area contributed by atoms with E-state index in [1.807, 2.05) is 0 Å². The summed E-state index contributed by atoms with van der Waals surface area (Å²) in [6, 6.07) is 7.17. The maximum Gasteiger partial charge on any atom is 0.336 e. The Morgan fingerprint density at radius 3 is 2.74 bits per heavy atom. The van der Waals surface area contributed by atoms with Crippen LogP contribution in [0.2, 0.25) is 0 Å². The van der Waals surface area contributed by atoms with E-state index in [-0.39, 0.29) is 0 Å². The molecule has 1 aromatic heterocycles. The van der Waals surface area contributed by atoms with E-state index in [0.29, 0.717) is 21.8 Å². The van der Waals surface area contributed by atoms with Crippen molar-refractivity contribution in [3.8, 4) is 0 Å². The van der Waals surface area contributed by atoms with Gasteiger partial charge in [0.2, 0.25) is 11.8 Å². The molecule has 94 valence electrons. The minimum Gasteiger partial charge on any atom is -0.479 e. The summed E-state index contributed by atoms with van der Waals surface area (Å²) in [5.41, 5.74) is 0.720. The number of H-pyrrole nitrogens is 1. The van der Waals surface area contributed by atoms with Gasteiger partial charge in [-0.3, -0.25) is 14.9 Å². The van der Waals surface area contributed by atoms with Gasteiger partial charge < -0.3 is 5.11 Å². The summed E-state index contributed by atoms with van der Waals surface area (Å²) in [5, 5.41) is 16.8. The highest BCUT2D eigenvalue weighted by molar-refractivity contribution is 6.28. The van der Waals surface area contributed by atoms with Crippen LogP contribution >= 0.6 is 0 Å². The number of hydrogen-bond acceptors (Lipinski definition) is 4. The molecule has 3 rings (SSSR count). The molecule has 2 heterocycles. The second kappa shape index (κ2) is 4.16. The van der Waals surface area contributed by atoms with Crippen LogP contribution in [0.3, 0.4) is 0 Å². The number of benzene rings is 1. The van der Waals surface area contributed by atoms with Gasteiger partial charge in [-0.2, -0.15) is 5.10 Å². The van der Waals surface area contributed by atoms with Crippen molar-refractivity contribution in [2.45, 2.75) is 6.04 Å². The smallest absolute Gasteiger partial charge is 0.336 e. The maximum absolute atomic E-state index is 12.3. The van der Waals surface area contributed by atoms with Crippen LogP contribution in [0.15, 0.2) is 41.5 Å². The number of fused-ring (bicyclic) bond motifs is 1. The highest BCUT2D eigenvalue weighted by Gasteiger charge is 2.32. The average molecular weight is 255 g/mol. The molecule has 0 fully saturated rings. The minimum atomic E-state index is -1.40. The first-order valence-corrected chi connectivity index (χ1v) is 5.63. The van der Waals surface area contributed by atoms with E-state index in [1.165, 1.54) is 0 Å². The highest BCUT2D eigenvalue weighted by atomic mass is 16.4. The van der Waals surface area contributed by atoms with Gasteiger partial charge in [-0.15, -0.1) is 0 Å². The third-order valence-electron chi connectivity index (χ3n) is 2.93. The largest absolute Gasteiger partial charge is 0.479 e. The number of carbonyl (C=O) groups excluding carboxylic acids is 1. The van der Waals surface area contributed by atoms with Crippen molar-refractivity contribution in [3.05, 3.63) is 52.8 Å². The van der Waals surface area contributed by atoms with Crippen molar-refractivity contribution in [1.29, 1.82) is 0 Å². The molecule has 1 aliphatic rings. The van der Waals surface area contributed by atoms with E-state index < -0.39 is 17.8 Å². The van der Waals surface area contributed by atoms with Gasteiger partial charge in [0.1, 0.15) is 0 Å². The molecule has 19 heavy (non-hydrogen) atoms. The zero-order valence-electron chi connectivity index (χ0n) is 9.70. The van der Waals surface area contributed by atoms with Gasteiger partial charge in [-0.1, -0.05) is 18.2 Å². The summed E-state index contributed by atoms with van der Waals surface area (Å²) in [4.78, 5) is 27.4. The first-order chi connectivity index (χ1) is 9.18. The number of nitrogens with one attached hydrogen (secondary N) is 1. The van der Waals surface area contributed by atoms with Crippen molar-refractivity contribution in [1.82, 2.24) is 10.2 Å². The normalized spacial score (nSPS) is 17.8. The Morgan fingerprint density at radius 1 is 1.26 bits per heavy atom. The number of aliphatic carboxylic acids is 1. The van der Waals surface area contributed by atoms with Crippen LogP contribution in [0.4, 0.5) is 0 Å². The molecule has 2 aromatic rings. The van der Waals surface area contributed by atoms with Crippen molar-refractivity contribution < 1.29 is 14.7 Å². The molecular formula is C13H9N3O3. The number of nitrogens with zero attached hydrogens (tertiary/aromatic N) is 2. The Hall–Kier alpha value is -2.76. The molecule has 6 heteroatoms. The maximum atomic E-state index is 12.3. The summed E-state index contributed by atoms with van der Waals surface area (Å²) in [6.07, 6.45) is 1.58. The van der Waals surface area contributed by atoms with Crippen LogP contribution < -0.4 is 10.6 Å². The van der Waals surface area contributed by atoms with E-state index >= 15 is 0 Å². The van der Waals surface area contributed by atoms with Crippen LogP contribution in [0.1, 0.15) is 5.69 Å². The predicted octanol–water partition coefficient (Wildman–Crippen LogP) is -0.736. The zero-order chi connectivity index (χ0) is 13.4. The van der Waals surface area contributed by atoms with Crippen LogP contribution in [-0.4, -0.2) is 33.1 Å². The molecular weight excluding hydrogens is 246 g/mol. The lowest BCUT2D eigenvalue weighted by molar-refractivity contribution is -0.141. The van der Waals surface area contributed by atoms with E-state index in [1.54, 1.807) is 36.5 Å². The summed E-state index contributed by atoms with van der Waals surface area (Å²) in [7, 11) is 0. The van der Waals surface area contributed by atoms with E-state index in [9.17, 15) is 9.59 Å². The molecule has 0 saturated carbocycles. The molecule has 0 spiro atoms. The minimum absolute atomic E-state index is 0.291. The summed E-state index contributed by atoms with van der Waals surface area (Å²) < 4.78 is 0. The SMILES string of the molecule is O=C(O)C1N=c2ccccc2=C(c2cc[nH]n2)C1=O. The van der Waals surface area contributed by atoms with Crippen LogP contribution in [-0.2, 0) is 9.59 Å². The summed E-state index contributed by atoms with van der Waals surface area (Å²) in [5.74, 6) is -1.80. The summed E-state index contributed by atoms with van der Waals surface area (Å²) in [6.45, 7) is 0. The predicted molar refractivity (Wildman–Crippen MR) is 64.8 cm³/mol. The standard InChI is InChI=1S/C13H9N3O3/c17-12-10(9-5-6-14-16-9)7-3-1-2-4-8(7)15-11(12)13(18)19/h1-6,11H,(H,14,16)(H,18,19). The molecule has 0 radical (unpaired) electrons. The van der Waals surface area contributed by atoms with E-state index in [4.69, 9.17) is 5.11 Å². The van der Waals surface area contributed by atoms with Crippen molar-refractivity contribution in [2.24, 2.45) is 4.99 Å². The number of carboxylic acids is 1. The number of aromatic nitrogens is 2. The molecule has 0 amide bonds.